The Morgan fingerprint density at radius 1 is 0.875 bits per heavy atom. The summed E-state index contributed by atoms with van der Waals surface area (Å²) in [6.07, 6.45) is -2.87. The minimum Gasteiger partial charge on any atom is -0.370 e. The van der Waals surface area contributed by atoms with E-state index >= 15 is 0 Å². The molecule has 2 aromatic rings. The third-order valence-electron chi connectivity index (χ3n) is 5.74. The number of carbonyl (C=O) groups is 2. The Balaban J connectivity index is 0.000000402. The number of nitrogens with zero attached hydrogens (tertiary/aromatic N) is 2. The number of amides is 2. The van der Waals surface area contributed by atoms with Gasteiger partial charge in [-0.15, -0.1) is 0 Å². The first-order valence-corrected chi connectivity index (χ1v) is 13.2. The van der Waals surface area contributed by atoms with Gasteiger partial charge in [0.15, 0.2) is 11.9 Å². The number of rotatable bonds is 8. The summed E-state index contributed by atoms with van der Waals surface area (Å²) in [6, 6.07) is 10.6. The lowest BCUT2D eigenvalue weighted by Crippen LogP contribution is -2.39. The lowest BCUT2D eigenvalue weighted by atomic mass is 9.94. The topological polar surface area (TPSA) is 135 Å². The van der Waals surface area contributed by atoms with Crippen LogP contribution in [0.3, 0.4) is 0 Å². The Labute approximate surface area is 238 Å². The van der Waals surface area contributed by atoms with Crippen LogP contribution in [-0.2, 0) is 15.8 Å². The number of carbonyl (C=O) groups excluding carboxylic acids is 2. The van der Waals surface area contributed by atoms with E-state index in [4.69, 9.17) is 23.1 Å². The van der Waals surface area contributed by atoms with E-state index < -0.39 is 23.6 Å². The predicted octanol–water partition coefficient (Wildman–Crippen LogP) is 5.24. The first-order valence-electron chi connectivity index (χ1n) is 12.9. The molecule has 0 aliphatic carbocycles. The molecule has 2 aromatic carbocycles. The second-order valence-electron chi connectivity index (χ2n) is 9.01. The normalized spacial score (nSPS) is 13.5. The van der Waals surface area contributed by atoms with Crippen LogP contribution in [0.4, 0.5) is 13.2 Å². The summed E-state index contributed by atoms with van der Waals surface area (Å²) in [6.45, 7) is 10.1. The molecular weight excluding hydrogens is 545 g/mol. The first kappa shape index (κ1) is 34.4. The summed E-state index contributed by atoms with van der Waals surface area (Å²) in [5, 5.41) is 5.50. The van der Waals surface area contributed by atoms with Gasteiger partial charge in [-0.25, -0.2) is 0 Å². The van der Waals surface area contributed by atoms with Gasteiger partial charge in [0.2, 0.25) is 11.8 Å². The van der Waals surface area contributed by atoms with Crippen molar-refractivity contribution in [2.45, 2.75) is 65.5 Å². The molecular formula is C28H38ClF3N6O2. The maximum Gasteiger partial charge on any atom is 0.416 e. The van der Waals surface area contributed by atoms with Gasteiger partial charge in [0, 0.05) is 18.1 Å². The highest BCUT2D eigenvalue weighted by atomic mass is 35.5. The second-order valence-corrected chi connectivity index (χ2v) is 9.42. The van der Waals surface area contributed by atoms with Gasteiger partial charge in [-0.05, 0) is 62.4 Å². The highest BCUT2D eigenvalue weighted by molar-refractivity contribution is 6.31. The average Bonchev–Trinajstić information content (AvgIpc) is 2.89. The maximum absolute atomic E-state index is 12.9. The number of guanidine groups is 2. The van der Waals surface area contributed by atoms with E-state index in [-0.39, 0.29) is 29.3 Å². The molecule has 0 aliphatic rings. The predicted molar refractivity (Wildman–Crippen MR) is 154 cm³/mol. The minimum absolute atomic E-state index is 0.0850. The van der Waals surface area contributed by atoms with E-state index in [1.807, 2.05) is 32.9 Å². The van der Waals surface area contributed by atoms with Crippen LogP contribution < -0.4 is 22.1 Å². The summed E-state index contributed by atoms with van der Waals surface area (Å²) >= 11 is 6.15. The fourth-order valence-electron chi connectivity index (χ4n) is 3.61. The van der Waals surface area contributed by atoms with Gasteiger partial charge in [-0.1, -0.05) is 55.8 Å². The molecule has 40 heavy (non-hydrogen) atoms. The van der Waals surface area contributed by atoms with Crippen molar-refractivity contribution < 1.29 is 22.8 Å². The summed E-state index contributed by atoms with van der Waals surface area (Å²) in [7, 11) is 0. The van der Waals surface area contributed by atoms with Gasteiger partial charge < -0.3 is 11.5 Å². The average molecular weight is 583 g/mol. The number of benzene rings is 2. The van der Waals surface area contributed by atoms with Crippen LogP contribution in [0.5, 0.6) is 0 Å². The molecule has 8 nitrogen and oxygen atoms in total. The zero-order valence-electron chi connectivity index (χ0n) is 23.4. The van der Waals surface area contributed by atoms with E-state index in [1.165, 1.54) is 25.1 Å². The molecule has 0 fully saturated rings. The Hall–Kier alpha value is -3.60. The fourth-order valence-corrected chi connectivity index (χ4v) is 4.00. The summed E-state index contributed by atoms with van der Waals surface area (Å²) in [4.78, 5) is 32.0. The maximum atomic E-state index is 12.9. The molecule has 0 heterocycles. The van der Waals surface area contributed by atoms with E-state index in [9.17, 15) is 22.8 Å². The van der Waals surface area contributed by atoms with Crippen molar-refractivity contribution in [1.82, 2.24) is 10.6 Å². The van der Waals surface area contributed by atoms with Crippen molar-refractivity contribution in [3.05, 3.63) is 69.7 Å². The number of hydrogen-bond acceptors (Lipinski definition) is 4. The largest absolute Gasteiger partial charge is 0.416 e. The van der Waals surface area contributed by atoms with E-state index in [0.29, 0.717) is 18.1 Å². The van der Waals surface area contributed by atoms with Crippen LogP contribution in [0.25, 0.3) is 0 Å². The minimum atomic E-state index is -4.51. The van der Waals surface area contributed by atoms with E-state index in [1.54, 1.807) is 13.0 Å². The number of nitrogens with one attached hydrogen (secondary N) is 2. The molecule has 0 radical (unpaired) electrons. The van der Waals surface area contributed by atoms with Crippen molar-refractivity contribution in [3.8, 4) is 0 Å². The number of nitrogens with two attached hydrogens (primary N) is 2. The van der Waals surface area contributed by atoms with Crippen molar-refractivity contribution in [3.63, 3.8) is 0 Å². The number of halogens is 4. The number of hydrogen-bond donors (Lipinski definition) is 4. The Morgan fingerprint density at radius 2 is 1.38 bits per heavy atom. The molecule has 0 bridgehead atoms. The SMILES string of the molecule is CCCN=C(N)NC(=O)C(C)c1c(C)cccc1Cl.CCCN=C(N)NC(=O)C(C)c1ccccc1C(F)(F)F. The van der Waals surface area contributed by atoms with E-state index in [2.05, 4.69) is 20.6 Å². The van der Waals surface area contributed by atoms with Crippen LogP contribution in [0, 0.1) is 6.92 Å². The van der Waals surface area contributed by atoms with Crippen LogP contribution in [0.1, 0.15) is 74.6 Å². The third kappa shape index (κ3) is 10.9. The van der Waals surface area contributed by atoms with Crippen molar-refractivity contribution in [1.29, 1.82) is 0 Å². The third-order valence-corrected chi connectivity index (χ3v) is 6.07. The standard InChI is InChI=1S/C14H20ClN3O.C14H18F3N3O/c1-4-8-17-14(16)18-13(19)10(3)12-9(2)6-5-7-11(12)15;1-3-8-19-13(18)20-12(21)9(2)10-6-4-5-7-11(10)14(15,16)17/h5-7,10H,4,8H2,1-3H3,(H3,16,17,18,19);4-7,9H,3,8H2,1-2H3,(H3,18,19,20,21). The number of alkyl halides is 3. The molecule has 2 amide bonds. The van der Waals surface area contributed by atoms with E-state index in [0.717, 1.165) is 30.0 Å². The molecule has 0 saturated heterocycles. The number of aryl methyl sites for hydroxylation is 1. The number of aliphatic imine (C=N–C) groups is 2. The molecule has 2 rings (SSSR count). The zero-order chi connectivity index (χ0) is 30.5. The molecule has 220 valence electrons. The van der Waals surface area contributed by atoms with Gasteiger partial charge in [-0.2, -0.15) is 13.2 Å². The smallest absolute Gasteiger partial charge is 0.370 e. The highest BCUT2D eigenvalue weighted by Crippen LogP contribution is 2.35. The molecule has 2 unspecified atom stereocenters. The van der Waals surface area contributed by atoms with Crippen LogP contribution in [-0.4, -0.2) is 36.8 Å². The summed E-state index contributed by atoms with van der Waals surface area (Å²) < 4.78 is 38.8. The van der Waals surface area contributed by atoms with Gasteiger partial charge in [0.25, 0.3) is 0 Å². The highest BCUT2D eigenvalue weighted by Gasteiger charge is 2.35. The Bertz CT molecular complexity index is 1180. The van der Waals surface area contributed by atoms with Gasteiger partial charge >= 0.3 is 6.18 Å². The summed E-state index contributed by atoms with van der Waals surface area (Å²) in [5.41, 5.74) is 12.0. The summed E-state index contributed by atoms with van der Waals surface area (Å²) in [5.74, 6) is -2.11. The van der Waals surface area contributed by atoms with Crippen LogP contribution in [0.2, 0.25) is 5.02 Å². The van der Waals surface area contributed by atoms with Crippen LogP contribution >= 0.6 is 11.6 Å². The monoisotopic (exact) mass is 582 g/mol. The lowest BCUT2D eigenvalue weighted by molar-refractivity contribution is -0.138. The quantitative estimate of drug-likeness (QED) is 0.250. The molecule has 2 atom stereocenters. The molecule has 0 spiro atoms. The Morgan fingerprint density at radius 3 is 1.85 bits per heavy atom. The van der Waals surface area contributed by atoms with Gasteiger partial charge in [0.05, 0.1) is 17.4 Å². The van der Waals surface area contributed by atoms with Crippen molar-refractivity contribution in [2.24, 2.45) is 21.5 Å². The molecule has 0 aromatic heterocycles. The zero-order valence-corrected chi connectivity index (χ0v) is 24.2. The van der Waals surface area contributed by atoms with Gasteiger partial charge in [-0.3, -0.25) is 30.2 Å². The Kier molecular flexibility index (Phi) is 14.2. The van der Waals surface area contributed by atoms with Crippen LogP contribution in [0.15, 0.2) is 52.4 Å². The second kappa shape index (κ2) is 16.5. The first-order chi connectivity index (χ1) is 18.7. The molecule has 0 saturated carbocycles. The van der Waals surface area contributed by atoms with Crippen molar-refractivity contribution in [2.75, 3.05) is 13.1 Å². The molecule has 12 heteroatoms. The fraction of sp³-hybridized carbons (Fsp3) is 0.429. The molecule has 6 N–H and O–H groups in total. The van der Waals surface area contributed by atoms with Crippen molar-refractivity contribution >= 4 is 35.3 Å². The molecule has 0 aliphatic heterocycles. The van der Waals surface area contributed by atoms with Gasteiger partial charge in [0.1, 0.15) is 0 Å². The lowest BCUT2D eigenvalue weighted by Gasteiger charge is -2.17.